The molecular formula is C8H10BrN. The molecule has 10 heavy (non-hydrogen) atoms. The molecule has 0 spiro atoms. The normalized spacial score (nSPS) is 9.90. The quantitative estimate of drug-likeness (QED) is 0.635. The molecule has 54 valence electrons. The molecular weight excluding hydrogens is 190 g/mol. The van der Waals surface area contributed by atoms with Crippen LogP contribution in [0.5, 0.6) is 0 Å². The van der Waals surface area contributed by atoms with Gasteiger partial charge in [0.05, 0.1) is 5.69 Å². The highest BCUT2D eigenvalue weighted by Gasteiger charge is 1.95. The third kappa shape index (κ3) is 1.57. The van der Waals surface area contributed by atoms with E-state index in [1.807, 2.05) is 6.20 Å². The molecule has 0 aromatic carbocycles. The SMILES string of the molecule is Cc1cnc(CBr)c(C)c1. The van der Waals surface area contributed by atoms with E-state index in [9.17, 15) is 0 Å². The molecule has 0 saturated carbocycles. The Bertz CT molecular complexity index is 233. The fraction of sp³-hybridized carbons (Fsp3) is 0.375. The van der Waals surface area contributed by atoms with Crippen LogP contribution >= 0.6 is 15.9 Å². The first-order valence-electron chi connectivity index (χ1n) is 3.22. The Morgan fingerprint density at radius 1 is 1.50 bits per heavy atom. The molecule has 0 aliphatic heterocycles. The van der Waals surface area contributed by atoms with Crippen molar-refractivity contribution in [3.05, 3.63) is 29.1 Å². The summed E-state index contributed by atoms with van der Waals surface area (Å²) in [7, 11) is 0. The minimum Gasteiger partial charge on any atom is -0.260 e. The second-order valence-electron chi connectivity index (χ2n) is 2.41. The van der Waals surface area contributed by atoms with Gasteiger partial charge in [-0.2, -0.15) is 0 Å². The topological polar surface area (TPSA) is 12.9 Å². The summed E-state index contributed by atoms with van der Waals surface area (Å²) in [6, 6.07) is 2.14. The first-order chi connectivity index (χ1) is 4.74. The second kappa shape index (κ2) is 3.15. The van der Waals surface area contributed by atoms with Crippen LogP contribution in [0.3, 0.4) is 0 Å². The minimum absolute atomic E-state index is 0.846. The largest absolute Gasteiger partial charge is 0.260 e. The fourth-order valence-electron chi connectivity index (χ4n) is 0.884. The van der Waals surface area contributed by atoms with E-state index in [-0.39, 0.29) is 0 Å². The lowest BCUT2D eigenvalue weighted by Gasteiger charge is -2.00. The van der Waals surface area contributed by atoms with Gasteiger partial charge in [-0.3, -0.25) is 4.98 Å². The van der Waals surface area contributed by atoms with E-state index in [4.69, 9.17) is 0 Å². The van der Waals surface area contributed by atoms with Crippen LogP contribution in [0.2, 0.25) is 0 Å². The first kappa shape index (κ1) is 7.73. The molecule has 1 aromatic heterocycles. The number of pyridine rings is 1. The maximum Gasteiger partial charge on any atom is 0.0538 e. The van der Waals surface area contributed by atoms with Gasteiger partial charge in [0.15, 0.2) is 0 Å². The van der Waals surface area contributed by atoms with Crippen LogP contribution in [0.25, 0.3) is 0 Å². The number of aromatic nitrogens is 1. The molecule has 1 aromatic rings. The van der Waals surface area contributed by atoms with Crippen LogP contribution in [-0.4, -0.2) is 4.98 Å². The molecule has 2 heteroatoms. The van der Waals surface area contributed by atoms with E-state index in [0.29, 0.717) is 0 Å². The van der Waals surface area contributed by atoms with Crippen LogP contribution in [-0.2, 0) is 5.33 Å². The van der Waals surface area contributed by atoms with Gasteiger partial charge < -0.3 is 0 Å². The molecule has 0 atom stereocenters. The molecule has 0 saturated heterocycles. The van der Waals surface area contributed by atoms with Crippen molar-refractivity contribution in [2.24, 2.45) is 0 Å². The maximum absolute atomic E-state index is 4.25. The van der Waals surface area contributed by atoms with Crippen molar-refractivity contribution in [3.63, 3.8) is 0 Å². The maximum atomic E-state index is 4.25. The second-order valence-corrected chi connectivity index (χ2v) is 2.97. The number of alkyl halides is 1. The Hall–Kier alpha value is -0.370. The van der Waals surface area contributed by atoms with Crippen molar-refractivity contribution in [1.82, 2.24) is 4.98 Å². The van der Waals surface area contributed by atoms with Crippen molar-refractivity contribution >= 4 is 15.9 Å². The van der Waals surface area contributed by atoms with Gasteiger partial charge in [0.1, 0.15) is 0 Å². The number of halogens is 1. The van der Waals surface area contributed by atoms with Crippen molar-refractivity contribution in [3.8, 4) is 0 Å². The summed E-state index contributed by atoms with van der Waals surface area (Å²) in [6.07, 6.45) is 1.89. The number of hydrogen-bond donors (Lipinski definition) is 0. The zero-order chi connectivity index (χ0) is 7.56. The lowest BCUT2D eigenvalue weighted by atomic mass is 10.2. The van der Waals surface area contributed by atoms with Crippen LogP contribution in [0.4, 0.5) is 0 Å². The van der Waals surface area contributed by atoms with Crippen molar-refractivity contribution < 1.29 is 0 Å². The predicted octanol–water partition coefficient (Wildman–Crippen LogP) is 2.59. The van der Waals surface area contributed by atoms with Gasteiger partial charge in [-0.25, -0.2) is 0 Å². The summed E-state index contributed by atoms with van der Waals surface area (Å²) in [5.74, 6) is 0. The lowest BCUT2D eigenvalue weighted by molar-refractivity contribution is 1.11. The molecule has 1 heterocycles. The van der Waals surface area contributed by atoms with Crippen molar-refractivity contribution in [1.29, 1.82) is 0 Å². The average Bonchev–Trinajstić information content (AvgIpc) is 1.88. The summed E-state index contributed by atoms with van der Waals surface area (Å²) in [5, 5.41) is 0.846. The van der Waals surface area contributed by atoms with E-state index < -0.39 is 0 Å². The van der Waals surface area contributed by atoms with Crippen LogP contribution < -0.4 is 0 Å². The number of rotatable bonds is 1. The van der Waals surface area contributed by atoms with Gasteiger partial charge in [-0.15, -0.1) is 0 Å². The molecule has 0 N–H and O–H groups in total. The molecule has 0 fully saturated rings. The minimum atomic E-state index is 0.846. The predicted molar refractivity (Wildman–Crippen MR) is 46.3 cm³/mol. The Morgan fingerprint density at radius 3 is 2.70 bits per heavy atom. The molecule has 0 bridgehead atoms. The standard InChI is InChI=1S/C8H10BrN/c1-6-3-7(2)8(4-9)10-5-6/h3,5H,4H2,1-2H3. The molecule has 0 amide bonds. The van der Waals surface area contributed by atoms with Gasteiger partial charge in [-0.05, 0) is 25.0 Å². The molecule has 0 aliphatic carbocycles. The highest BCUT2D eigenvalue weighted by Crippen LogP contribution is 2.09. The summed E-state index contributed by atoms with van der Waals surface area (Å²) in [4.78, 5) is 4.25. The van der Waals surface area contributed by atoms with Crippen LogP contribution in [0.1, 0.15) is 16.8 Å². The Morgan fingerprint density at radius 2 is 2.20 bits per heavy atom. The molecule has 0 radical (unpaired) electrons. The van der Waals surface area contributed by atoms with Gasteiger partial charge in [-0.1, -0.05) is 22.0 Å². The number of aryl methyl sites for hydroxylation is 2. The van der Waals surface area contributed by atoms with Crippen LogP contribution in [0, 0.1) is 13.8 Å². The van der Waals surface area contributed by atoms with Gasteiger partial charge in [0.2, 0.25) is 0 Å². The Balaban J connectivity index is 3.07. The van der Waals surface area contributed by atoms with Gasteiger partial charge >= 0.3 is 0 Å². The van der Waals surface area contributed by atoms with E-state index in [2.05, 4.69) is 40.8 Å². The Labute approximate surface area is 69.6 Å². The molecule has 1 nitrogen and oxygen atoms in total. The molecule has 0 unspecified atom stereocenters. The first-order valence-corrected chi connectivity index (χ1v) is 4.34. The van der Waals surface area contributed by atoms with Crippen LogP contribution in [0.15, 0.2) is 12.3 Å². The Kier molecular flexibility index (Phi) is 2.44. The number of hydrogen-bond acceptors (Lipinski definition) is 1. The average molecular weight is 200 g/mol. The third-order valence-corrected chi connectivity index (χ3v) is 1.98. The van der Waals surface area contributed by atoms with E-state index >= 15 is 0 Å². The molecule has 0 aliphatic rings. The summed E-state index contributed by atoms with van der Waals surface area (Å²) < 4.78 is 0. The highest BCUT2D eigenvalue weighted by molar-refractivity contribution is 9.08. The summed E-state index contributed by atoms with van der Waals surface area (Å²) in [6.45, 7) is 4.13. The highest BCUT2D eigenvalue weighted by atomic mass is 79.9. The van der Waals surface area contributed by atoms with E-state index in [0.717, 1.165) is 11.0 Å². The monoisotopic (exact) mass is 199 g/mol. The summed E-state index contributed by atoms with van der Waals surface area (Å²) >= 11 is 3.37. The van der Waals surface area contributed by atoms with E-state index in [1.165, 1.54) is 11.1 Å². The van der Waals surface area contributed by atoms with Crippen molar-refractivity contribution in [2.75, 3.05) is 0 Å². The third-order valence-electron chi connectivity index (χ3n) is 1.45. The van der Waals surface area contributed by atoms with Gasteiger partial charge in [0.25, 0.3) is 0 Å². The smallest absolute Gasteiger partial charge is 0.0538 e. The fourth-order valence-corrected chi connectivity index (χ4v) is 1.47. The summed E-state index contributed by atoms with van der Waals surface area (Å²) in [5.41, 5.74) is 3.62. The van der Waals surface area contributed by atoms with Gasteiger partial charge in [0, 0.05) is 11.5 Å². The zero-order valence-corrected chi connectivity index (χ0v) is 7.77. The van der Waals surface area contributed by atoms with E-state index in [1.54, 1.807) is 0 Å². The lowest BCUT2D eigenvalue weighted by Crippen LogP contribution is -1.89. The number of nitrogens with zero attached hydrogens (tertiary/aromatic N) is 1. The molecule has 1 rings (SSSR count). The zero-order valence-electron chi connectivity index (χ0n) is 6.19. The van der Waals surface area contributed by atoms with Crippen molar-refractivity contribution in [2.45, 2.75) is 19.2 Å².